The molecule has 0 aliphatic carbocycles. The summed E-state index contributed by atoms with van der Waals surface area (Å²) in [5.41, 5.74) is 5.37. The second-order valence-electron chi connectivity index (χ2n) is 8.50. The molecule has 10 nitrogen and oxygen atoms in total. The van der Waals surface area contributed by atoms with Gasteiger partial charge < -0.3 is 10.2 Å². The van der Waals surface area contributed by atoms with Crippen LogP contribution in [0.5, 0.6) is 0 Å². The predicted molar refractivity (Wildman–Crippen MR) is 149 cm³/mol. The number of thiocarbonyl (C=S) groups is 1. The van der Waals surface area contributed by atoms with Crippen LogP contribution in [0.4, 0.5) is 17.1 Å². The Hall–Kier alpha value is -4.38. The standard InChI is InChI=1S/C26H27N7O3S/c1-5-31(6-2)19-9-11-20(12-10-19)32-29-22-13-17(4)21(15-23(22)30-32)27-26(37)28-25(34)18-8-7-16(3)24(14-18)33(35)36/h7-15H,5-6H2,1-4H3,(H2,27,28,34,37). The normalized spacial score (nSPS) is 10.8. The molecule has 4 aromatic rings. The summed E-state index contributed by atoms with van der Waals surface area (Å²) < 4.78 is 0. The first-order chi connectivity index (χ1) is 17.7. The summed E-state index contributed by atoms with van der Waals surface area (Å²) in [6.07, 6.45) is 0. The summed E-state index contributed by atoms with van der Waals surface area (Å²) in [4.78, 5) is 27.1. The van der Waals surface area contributed by atoms with Gasteiger partial charge in [0.05, 0.1) is 10.6 Å². The fourth-order valence-electron chi connectivity index (χ4n) is 3.98. The Morgan fingerprint density at radius 3 is 2.27 bits per heavy atom. The summed E-state index contributed by atoms with van der Waals surface area (Å²) >= 11 is 5.32. The molecule has 11 heteroatoms. The summed E-state index contributed by atoms with van der Waals surface area (Å²) in [5.74, 6) is -0.543. The van der Waals surface area contributed by atoms with Crippen molar-refractivity contribution in [1.29, 1.82) is 0 Å². The van der Waals surface area contributed by atoms with Crippen molar-refractivity contribution in [2.45, 2.75) is 27.7 Å². The van der Waals surface area contributed by atoms with Crippen molar-refractivity contribution < 1.29 is 9.72 Å². The number of fused-ring (bicyclic) bond motifs is 1. The Morgan fingerprint density at radius 2 is 1.65 bits per heavy atom. The fourth-order valence-corrected chi connectivity index (χ4v) is 4.18. The van der Waals surface area contributed by atoms with Gasteiger partial charge in [0.1, 0.15) is 11.0 Å². The second-order valence-corrected chi connectivity index (χ2v) is 8.91. The number of aryl methyl sites for hydroxylation is 2. The number of carbonyl (C=O) groups is 1. The number of nitro groups is 1. The lowest BCUT2D eigenvalue weighted by Gasteiger charge is -2.20. The molecule has 37 heavy (non-hydrogen) atoms. The summed E-state index contributed by atoms with van der Waals surface area (Å²) in [6, 6.07) is 16.1. The Morgan fingerprint density at radius 1 is 1.00 bits per heavy atom. The molecular formula is C26H27N7O3S. The van der Waals surface area contributed by atoms with Crippen LogP contribution in [-0.2, 0) is 0 Å². The zero-order valence-corrected chi connectivity index (χ0v) is 21.8. The molecule has 0 fully saturated rings. The van der Waals surface area contributed by atoms with Crippen LogP contribution < -0.4 is 15.5 Å². The third kappa shape index (κ3) is 5.56. The molecule has 0 atom stereocenters. The highest BCUT2D eigenvalue weighted by Crippen LogP contribution is 2.24. The van der Waals surface area contributed by atoms with Gasteiger partial charge in [0, 0.05) is 41.7 Å². The molecule has 1 amide bonds. The molecule has 0 bridgehead atoms. The summed E-state index contributed by atoms with van der Waals surface area (Å²) in [6.45, 7) is 9.62. The highest BCUT2D eigenvalue weighted by atomic mass is 32.1. The molecule has 1 aromatic heterocycles. The number of rotatable bonds is 7. The van der Waals surface area contributed by atoms with Crippen LogP contribution in [-0.4, -0.2) is 44.0 Å². The van der Waals surface area contributed by atoms with E-state index >= 15 is 0 Å². The largest absolute Gasteiger partial charge is 0.372 e. The van der Waals surface area contributed by atoms with E-state index in [4.69, 9.17) is 12.2 Å². The van der Waals surface area contributed by atoms with Crippen LogP contribution in [0.2, 0.25) is 0 Å². The number of hydrogen-bond acceptors (Lipinski definition) is 7. The molecule has 0 saturated carbocycles. The monoisotopic (exact) mass is 517 g/mol. The molecule has 1 heterocycles. The second kappa shape index (κ2) is 10.7. The molecular weight excluding hydrogens is 490 g/mol. The molecule has 0 spiro atoms. The number of nitrogens with zero attached hydrogens (tertiary/aromatic N) is 5. The smallest absolute Gasteiger partial charge is 0.273 e. The van der Waals surface area contributed by atoms with E-state index < -0.39 is 10.8 Å². The lowest BCUT2D eigenvalue weighted by molar-refractivity contribution is -0.385. The number of hydrogen-bond donors (Lipinski definition) is 2. The number of nitrogens with one attached hydrogen (secondary N) is 2. The zero-order chi connectivity index (χ0) is 26.7. The first-order valence-electron chi connectivity index (χ1n) is 11.8. The lowest BCUT2D eigenvalue weighted by atomic mass is 10.1. The predicted octanol–water partition coefficient (Wildman–Crippen LogP) is 4.92. The summed E-state index contributed by atoms with van der Waals surface area (Å²) in [5, 5.41) is 26.1. The third-order valence-corrected chi connectivity index (χ3v) is 6.28. The fraction of sp³-hybridized carbons (Fsp3) is 0.231. The minimum Gasteiger partial charge on any atom is -0.372 e. The van der Waals surface area contributed by atoms with Crippen molar-refractivity contribution >= 4 is 51.3 Å². The van der Waals surface area contributed by atoms with Gasteiger partial charge in [-0.25, -0.2) is 0 Å². The topological polar surface area (TPSA) is 118 Å². The van der Waals surface area contributed by atoms with Gasteiger partial charge in [-0.2, -0.15) is 4.80 Å². The van der Waals surface area contributed by atoms with E-state index in [1.54, 1.807) is 11.7 Å². The van der Waals surface area contributed by atoms with E-state index in [2.05, 4.69) is 51.7 Å². The van der Waals surface area contributed by atoms with Crippen LogP contribution in [0.1, 0.15) is 35.3 Å². The molecule has 0 aliphatic heterocycles. The van der Waals surface area contributed by atoms with Crippen molar-refractivity contribution in [2.24, 2.45) is 0 Å². The third-order valence-electron chi connectivity index (χ3n) is 6.08. The Kier molecular flexibility index (Phi) is 7.44. The van der Waals surface area contributed by atoms with E-state index in [1.807, 2.05) is 31.2 Å². The quantitative estimate of drug-likeness (QED) is 0.202. The van der Waals surface area contributed by atoms with Crippen molar-refractivity contribution in [3.05, 3.63) is 81.4 Å². The van der Waals surface area contributed by atoms with E-state index in [1.165, 1.54) is 18.2 Å². The van der Waals surface area contributed by atoms with Crippen molar-refractivity contribution in [1.82, 2.24) is 20.3 Å². The average molecular weight is 518 g/mol. The van der Waals surface area contributed by atoms with Crippen molar-refractivity contribution in [3.63, 3.8) is 0 Å². The van der Waals surface area contributed by atoms with Gasteiger partial charge in [-0.05, 0) is 87.9 Å². The van der Waals surface area contributed by atoms with Gasteiger partial charge in [-0.15, -0.1) is 10.2 Å². The lowest BCUT2D eigenvalue weighted by Crippen LogP contribution is -2.34. The molecule has 0 aliphatic rings. The first-order valence-corrected chi connectivity index (χ1v) is 12.2. The number of anilines is 2. The number of benzene rings is 3. The van der Waals surface area contributed by atoms with Gasteiger partial charge in [-0.1, -0.05) is 6.07 Å². The van der Waals surface area contributed by atoms with Gasteiger partial charge in [0.2, 0.25) is 0 Å². The number of carbonyl (C=O) groups excluding carboxylic acids is 1. The molecule has 190 valence electrons. The van der Waals surface area contributed by atoms with Gasteiger partial charge in [0.15, 0.2) is 5.11 Å². The van der Waals surface area contributed by atoms with Gasteiger partial charge >= 0.3 is 0 Å². The molecule has 4 rings (SSSR count). The molecule has 0 saturated heterocycles. The SMILES string of the molecule is CCN(CC)c1ccc(-n2nc3cc(C)c(NC(=S)NC(=O)c4ccc(C)c([N+](=O)[O-])c4)cc3n2)cc1. The minimum absolute atomic E-state index is 0.0649. The highest BCUT2D eigenvalue weighted by molar-refractivity contribution is 7.80. The maximum Gasteiger partial charge on any atom is 0.273 e. The highest BCUT2D eigenvalue weighted by Gasteiger charge is 2.16. The zero-order valence-electron chi connectivity index (χ0n) is 21.0. The van der Waals surface area contributed by atoms with E-state index in [9.17, 15) is 14.9 Å². The molecule has 0 radical (unpaired) electrons. The van der Waals surface area contributed by atoms with Crippen LogP contribution in [0.15, 0.2) is 54.6 Å². The van der Waals surface area contributed by atoms with Crippen LogP contribution in [0.25, 0.3) is 16.7 Å². The van der Waals surface area contributed by atoms with E-state index in [-0.39, 0.29) is 16.4 Å². The maximum atomic E-state index is 12.6. The van der Waals surface area contributed by atoms with E-state index in [0.29, 0.717) is 16.8 Å². The molecule has 0 unspecified atom stereocenters. The minimum atomic E-state index is -0.543. The number of aromatic nitrogens is 3. The Labute approximate surface area is 219 Å². The molecule has 2 N–H and O–H groups in total. The first kappa shape index (κ1) is 25.7. The van der Waals surface area contributed by atoms with Crippen LogP contribution >= 0.6 is 12.2 Å². The van der Waals surface area contributed by atoms with Crippen LogP contribution in [0, 0.1) is 24.0 Å². The summed E-state index contributed by atoms with van der Waals surface area (Å²) in [7, 11) is 0. The number of amides is 1. The molecule has 3 aromatic carbocycles. The van der Waals surface area contributed by atoms with Gasteiger partial charge in [0.25, 0.3) is 11.6 Å². The average Bonchev–Trinajstić information content (AvgIpc) is 3.28. The van der Waals surface area contributed by atoms with Crippen molar-refractivity contribution in [2.75, 3.05) is 23.3 Å². The number of nitro benzene ring substituents is 1. The maximum absolute atomic E-state index is 12.6. The Balaban J connectivity index is 1.50. The Bertz CT molecular complexity index is 1490. The van der Waals surface area contributed by atoms with Crippen LogP contribution in [0.3, 0.4) is 0 Å². The van der Waals surface area contributed by atoms with Gasteiger partial charge in [-0.3, -0.25) is 20.2 Å². The van der Waals surface area contributed by atoms with Crippen molar-refractivity contribution in [3.8, 4) is 5.69 Å². The van der Waals surface area contributed by atoms with E-state index in [0.717, 1.165) is 35.5 Å².